The Morgan fingerprint density at radius 3 is 1.81 bits per heavy atom. The summed E-state index contributed by atoms with van der Waals surface area (Å²) in [6.45, 7) is 7.18. The van der Waals surface area contributed by atoms with E-state index in [-0.39, 0.29) is 37.2 Å². The van der Waals surface area contributed by atoms with E-state index in [0.717, 1.165) is 5.56 Å². The van der Waals surface area contributed by atoms with Crippen LogP contribution in [0, 0.1) is 0 Å². The number of hydrogen-bond acceptors (Lipinski definition) is 10. The van der Waals surface area contributed by atoms with Gasteiger partial charge in [-0.05, 0) is 43.9 Å². The average molecular weight is 585 g/mol. The second kappa shape index (κ2) is 16.5. The first-order chi connectivity index (χ1) is 20.3. The third kappa shape index (κ3) is 9.30. The summed E-state index contributed by atoms with van der Waals surface area (Å²) < 4.78 is 35.0. The van der Waals surface area contributed by atoms with Gasteiger partial charge in [0.05, 0.1) is 6.10 Å². The molecule has 1 aliphatic heterocycles. The Hall–Kier alpha value is -3.92. The Morgan fingerprint density at radius 2 is 1.21 bits per heavy atom. The van der Waals surface area contributed by atoms with E-state index in [1.54, 1.807) is 31.2 Å². The van der Waals surface area contributed by atoms with Crippen molar-refractivity contribution in [2.24, 2.45) is 0 Å². The van der Waals surface area contributed by atoms with Crippen LogP contribution in [0.15, 0.2) is 54.6 Å². The van der Waals surface area contributed by atoms with E-state index in [0.29, 0.717) is 19.3 Å². The fraction of sp³-hybridized carbons (Fsp3) is 0.500. The highest BCUT2D eigenvalue weighted by atomic mass is 16.7. The molecule has 0 aliphatic carbocycles. The molecule has 2 aromatic carbocycles. The molecule has 228 valence electrons. The molecule has 0 unspecified atom stereocenters. The lowest BCUT2D eigenvalue weighted by molar-refractivity contribution is -0.281. The maximum absolute atomic E-state index is 13.1. The number of para-hydroxylation sites is 1. The van der Waals surface area contributed by atoms with Crippen molar-refractivity contribution in [2.75, 3.05) is 0 Å². The molecule has 0 N–H and O–H groups in total. The molecule has 1 fully saturated rings. The van der Waals surface area contributed by atoms with Crippen molar-refractivity contribution >= 4 is 23.9 Å². The third-order valence-corrected chi connectivity index (χ3v) is 6.46. The van der Waals surface area contributed by atoms with Crippen LogP contribution in [0.2, 0.25) is 0 Å². The molecule has 0 saturated carbocycles. The van der Waals surface area contributed by atoms with Crippen LogP contribution in [-0.4, -0.2) is 54.6 Å². The number of benzene rings is 2. The number of hydrogen-bond donors (Lipinski definition) is 0. The summed E-state index contributed by atoms with van der Waals surface area (Å²) in [6.07, 6.45) is -3.74. The Kier molecular flexibility index (Phi) is 12.8. The first-order valence-corrected chi connectivity index (χ1v) is 14.5. The van der Waals surface area contributed by atoms with Crippen LogP contribution in [0.5, 0.6) is 5.75 Å². The molecule has 0 aromatic heterocycles. The van der Waals surface area contributed by atoms with Gasteiger partial charge in [0, 0.05) is 19.3 Å². The highest BCUT2D eigenvalue weighted by Crippen LogP contribution is 2.32. The van der Waals surface area contributed by atoms with Crippen molar-refractivity contribution < 1.29 is 47.6 Å². The van der Waals surface area contributed by atoms with Crippen molar-refractivity contribution in [3.8, 4) is 5.75 Å². The van der Waals surface area contributed by atoms with Crippen molar-refractivity contribution in [1.29, 1.82) is 0 Å². The van der Waals surface area contributed by atoms with Crippen LogP contribution in [0.4, 0.5) is 0 Å². The van der Waals surface area contributed by atoms with Gasteiger partial charge in [0.2, 0.25) is 12.4 Å². The summed E-state index contributed by atoms with van der Waals surface area (Å²) in [4.78, 5) is 50.9. The SMILES string of the molecule is CCCC(=O)O[C@@H]1[C@@H](OC(=O)CCC)[C@H](C)O[C@@H](Oc2ccccc2C(=O)OCc2ccccc2)[C@@H]1OC(=O)CCC. The van der Waals surface area contributed by atoms with Crippen LogP contribution in [-0.2, 0) is 44.7 Å². The van der Waals surface area contributed by atoms with E-state index < -0.39 is 54.6 Å². The molecule has 1 aliphatic rings. The lowest BCUT2D eigenvalue weighted by Gasteiger charge is -2.43. The molecule has 10 nitrogen and oxygen atoms in total. The van der Waals surface area contributed by atoms with Crippen molar-refractivity contribution in [1.82, 2.24) is 0 Å². The summed E-state index contributed by atoms with van der Waals surface area (Å²) in [5.74, 6) is -2.13. The second-order valence-electron chi connectivity index (χ2n) is 10.00. The van der Waals surface area contributed by atoms with Gasteiger partial charge in [0.1, 0.15) is 17.9 Å². The zero-order valence-corrected chi connectivity index (χ0v) is 24.6. The average Bonchev–Trinajstić information content (AvgIpc) is 2.97. The first-order valence-electron chi connectivity index (χ1n) is 14.5. The molecule has 2 aromatic rings. The lowest BCUT2D eigenvalue weighted by atomic mass is 9.98. The van der Waals surface area contributed by atoms with Gasteiger partial charge in [-0.2, -0.15) is 0 Å². The monoisotopic (exact) mass is 584 g/mol. The minimum absolute atomic E-state index is 0.0580. The molecule has 10 heteroatoms. The molecule has 0 amide bonds. The topological polar surface area (TPSA) is 124 Å². The zero-order chi connectivity index (χ0) is 30.5. The molecular formula is C32H40O10. The number of ether oxygens (including phenoxy) is 6. The standard InChI is InChI=1S/C32H40O10/c1-5-13-25(33)40-28-21(4)38-32(30(42-27(35)15-7-3)29(28)41-26(34)14-6-2)39-24-19-12-11-18-23(24)31(36)37-20-22-16-9-8-10-17-22/h8-12,16-19,21,28-30,32H,5-7,13-15,20H2,1-4H3/t21-,28-,29+,30+,32-/m0/s1. The number of carbonyl (C=O) groups is 4. The molecule has 1 saturated heterocycles. The van der Waals surface area contributed by atoms with Crippen molar-refractivity contribution in [3.05, 3.63) is 65.7 Å². The maximum Gasteiger partial charge on any atom is 0.342 e. The first kappa shape index (κ1) is 32.6. The second-order valence-corrected chi connectivity index (χ2v) is 10.00. The van der Waals surface area contributed by atoms with Gasteiger partial charge in [0.25, 0.3) is 0 Å². The van der Waals surface area contributed by atoms with Gasteiger partial charge in [-0.1, -0.05) is 63.2 Å². The van der Waals surface area contributed by atoms with Crippen LogP contribution < -0.4 is 4.74 Å². The Morgan fingerprint density at radius 1 is 0.690 bits per heavy atom. The minimum Gasteiger partial charge on any atom is -0.460 e. The summed E-state index contributed by atoms with van der Waals surface area (Å²) in [6, 6.07) is 15.7. The zero-order valence-electron chi connectivity index (χ0n) is 24.6. The molecule has 0 spiro atoms. The fourth-order valence-electron chi connectivity index (χ4n) is 4.40. The maximum atomic E-state index is 13.1. The Balaban J connectivity index is 1.92. The molecular weight excluding hydrogens is 544 g/mol. The molecule has 0 bridgehead atoms. The van der Waals surface area contributed by atoms with Gasteiger partial charge < -0.3 is 28.4 Å². The minimum atomic E-state index is -1.30. The molecule has 3 rings (SSSR count). The Labute approximate surface area is 246 Å². The summed E-state index contributed by atoms with van der Waals surface area (Å²) >= 11 is 0. The molecule has 5 atom stereocenters. The van der Waals surface area contributed by atoms with E-state index in [4.69, 9.17) is 28.4 Å². The van der Waals surface area contributed by atoms with Crippen LogP contribution in [0.1, 0.15) is 82.1 Å². The largest absolute Gasteiger partial charge is 0.460 e. The Bertz CT molecular complexity index is 1180. The molecule has 0 radical (unpaired) electrons. The highest BCUT2D eigenvalue weighted by Gasteiger charge is 2.52. The number of rotatable bonds is 14. The van der Waals surface area contributed by atoms with Crippen LogP contribution in [0.3, 0.4) is 0 Å². The van der Waals surface area contributed by atoms with Crippen molar-refractivity contribution in [2.45, 2.75) is 104 Å². The van der Waals surface area contributed by atoms with Gasteiger partial charge in [-0.25, -0.2) is 4.79 Å². The third-order valence-electron chi connectivity index (χ3n) is 6.46. The quantitative estimate of drug-likeness (QED) is 0.213. The van der Waals surface area contributed by atoms with E-state index in [1.165, 1.54) is 0 Å². The van der Waals surface area contributed by atoms with Crippen LogP contribution >= 0.6 is 0 Å². The predicted octanol–water partition coefficient (Wildman–Crippen LogP) is 5.30. The summed E-state index contributed by atoms with van der Waals surface area (Å²) in [7, 11) is 0. The highest BCUT2D eigenvalue weighted by molar-refractivity contribution is 5.92. The van der Waals surface area contributed by atoms with Crippen LogP contribution in [0.25, 0.3) is 0 Å². The van der Waals surface area contributed by atoms with E-state index >= 15 is 0 Å². The fourth-order valence-corrected chi connectivity index (χ4v) is 4.40. The van der Waals surface area contributed by atoms with E-state index in [1.807, 2.05) is 51.1 Å². The van der Waals surface area contributed by atoms with Gasteiger partial charge in [-0.15, -0.1) is 0 Å². The van der Waals surface area contributed by atoms with Crippen molar-refractivity contribution in [3.63, 3.8) is 0 Å². The van der Waals surface area contributed by atoms with Gasteiger partial charge in [0.15, 0.2) is 12.2 Å². The van der Waals surface area contributed by atoms with Gasteiger partial charge in [-0.3, -0.25) is 14.4 Å². The lowest BCUT2D eigenvalue weighted by Crippen LogP contribution is -2.62. The molecule has 1 heterocycles. The van der Waals surface area contributed by atoms with Gasteiger partial charge >= 0.3 is 23.9 Å². The summed E-state index contributed by atoms with van der Waals surface area (Å²) in [5.41, 5.74) is 0.941. The van der Waals surface area contributed by atoms with E-state index in [9.17, 15) is 19.2 Å². The number of carbonyl (C=O) groups excluding carboxylic acids is 4. The predicted molar refractivity (Wildman–Crippen MR) is 151 cm³/mol. The smallest absolute Gasteiger partial charge is 0.342 e. The molecule has 42 heavy (non-hydrogen) atoms. The normalized spacial score (nSPS) is 21.6. The number of esters is 4. The summed E-state index contributed by atoms with van der Waals surface area (Å²) in [5, 5.41) is 0. The van der Waals surface area contributed by atoms with E-state index in [2.05, 4.69) is 0 Å².